The van der Waals surface area contributed by atoms with Gasteiger partial charge in [-0.05, 0) is 13.8 Å². The second-order valence-electron chi connectivity index (χ2n) is 4.69. The Labute approximate surface area is 94.2 Å². The number of aliphatic hydroxyl groups is 1. The van der Waals surface area contributed by atoms with Crippen molar-refractivity contribution < 1.29 is 19.8 Å². The van der Waals surface area contributed by atoms with Gasteiger partial charge in [-0.1, -0.05) is 0 Å². The van der Waals surface area contributed by atoms with Crippen LogP contribution in [-0.2, 0) is 9.59 Å². The topological polar surface area (TPSA) is 89.9 Å². The number of hydrogen-bond acceptors (Lipinski definition) is 4. The van der Waals surface area contributed by atoms with Gasteiger partial charge < -0.3 is 15.5 Å². The second-order valence-corrected chi connectivity index (χ2v) is 4.69. The zero-order valence-corrected chi connectivity index (χ0v) is 9.56. The SMILES string of the molecule is CC(C)(O)CN1CCNC(=O)C1CC(=O)O. The number of carbonyl (C=O) groups is 2. The van der Waals surface area contributed by atoms with Gasteiger partial charge in [0.15, 0.2) is 0 Å². The van der Waals surface area contributed by atoms with Crippen LogP contribution in [0, 0.1) is 0 Å². The number of carboxylic acid groups (broad SMARTS) is 1. The van der Waals surface area contributed by atoms with E-state index >= 15 is 0 Å². The van der Waals surface area contributed by atoms with Gasteiger partial charge in [-0.3, -0.25) is 14.5 Å². The standard InChI is InChI=1S/C10H18N2O4/c1-10(2,16)6-12-4-3-11-9(15)7(12)5-8(13)14/h7,16H,3-6H2,1-2H3,(H,11,15)(H,13,14). The van der Waals surface area contributed by atoms with E-state index < -0.39 is 17.6 Å². The summed E-state index contributed by atoms with van der Waals surface area (Å²) in [5, 5.41) is 21.0. The molecular formula is C10H18N2O4. The number of rotatable bonds is 4. The van der Waals surface area contributed by atoms with Gasteiger partial charge in [-0.15, -0.1) is 0 Å². The summed E-state index contributed by atoms with van der Waals surface area (Å²) in [7, 11) is 0. The lowest BCUT2D eigenvalue weighted by atomic mass is 10.0. The highest BCUT2D eigenvalue weighted by Crippen LogP contribution is 2.13. The van der Waals surface area contributed by atoms with E-state index in [4.69, 9.17) is 5.11 Å². The molecule has 1 fully saturated rings. The van der Waals surface area contributed by atoms with Gasteiger partial charge in [-0.25, -0.2) is 0 Å². The molecule has 1 saturated heterocycles. The van der Waals surface area contributed by atoms with E-state index in [0.29, 0.717) is 19.6 Å². The number of hydrogen-bond donors (Lipinski definition) is 3. The van der Waals surface area contributed by atoms with E-state index in [2.05, 4.69) is 5.32 Å². The first-order chi connectivity index (χ1) is 7.29. The zero-order chi connectivity index (χ0) is 12.3. The lowest BCUT2D eigenvalue weighted by Gasteiger charge is -2.37. The third kappa shape index (κ3) is 3.79. The fourth-order valence-electron chi connectivity index (χ4n) is 1.84. The smallest absolute Gasteiger partial charge is 0.305 e. The first kappa shape index (κ1) is 12.9. The molecule has 3 N–H and O–H groups in total. The van der Waals surface area contributed by atoms with Gasteiger partial charge in [0, 0.05) is 19.6 Å². The van der Waals surface area contributed by atoms with E-state index in [1.54, 1.807) is 18.7 Å². The molecule has 0 saturated carbocycles. The highest BCUT2D eigenvalue weighted by molar-refractivity contribution is 5.86. The van der Waals surface area contributed by atoms with E-state index in [9.17, 15) is 14.7 Å². The Bertz CT molecular complexity index is 285. The van der Waals surface area contributed by atoms with Crippen LogP contribution in [0.15, 0.2) is 0 Å². The molecule has 1 unspecified atom stereocenters. The molecular weight excluding hydrogens is 212 g/mol. The van der Waals surface area contributed by atoms with E-state index in [-0.39, 0.29) is 12.3 Å². The first-order valence-electron chi connectivity index (χ1n) is 5.25. The van der Waals surface area contributed by atoms with Crippen molar-refractivity contribution in [2.24, 2.45) is 0 Å². The van der Waals surface area contributed by atoms with Gasteiger partial charge in [0.05, 0.1) is 18.1 Å². The van der Waals surface area contributed by atoms with Crippen molar-refractivity contribution in [3.05, 3.63) is 0 Å². The zero-order valence-electron chi connectivity index (χ0n) is 9.56. The minimum atomic E-state index is -1.01. The van der Waals surface area contributed by atoms with E-state index in [1.807, 2.05) is 0 Å². The predicted molar refractivity (Wildman–Crippen MR) is 56.9 cm³/mol. The molecule has 0 aromatic carbocycles. The van der Waals surface area contributed by atoms with Crippen molar-refractivity contribution >= 4 is 11.9 Å². The van der Waals surface area contributed by atoms with Gasteiger partial charge in [-0.2, -0.15) is 0 Å². The number of nitrogens with one attached hydrogen (secondary N) is 1. The van der Waals surface area contributed by atoms with Gasteiger partial charge in [0.1, 0.15) is 0 Å². The average molecular weight is 230 g/mol. The molecule has 0 bridgehead atoms. The quantitative estimate of drug-likeness (QED) is 0.578. The van der Waals surface area contributed by atoms with Crippen molar-refractivity contribution in [1.82, 2.24) is 10.2 Å². The molecule has 1 atom stereocenters. The predicted octanol–water partition coefficient (Wildman–Crippen LogP) is -0.968. The number of β-amino-alcohol motifs (C(OH)–C–C–N with tert-alkyl or cyclic N) is 1. The summed E-state index contributed by atoms with van der Waals surface area (Å²) >= 11 is 0. The van der Waals surface area contributed by atoms with Gasteiger partial charge >= 0.3 is 5.97 Å². The molecule has 0 radical (unpaired) electrons. The van der Waals surface area contributed by atoms with Crippen LogP contribution in [0.2, 0.25) is 0 Å². The number of aliphatic carboxylic acids is 1. The number of piperazine rings is 1. The van der Waals surface area contributed by atoms with E-state index in [0.717, 1.165) is 0 Å². The molecule has 0 aromatic heterocycles. The molecule has 0 spiro atoms. The fourth-order valence-corrected chi connectivity index (χ4v) is 1.84. The Hall–Kier alpha value is -1.14. The summed E-state index contributed by atoms with van der Waals surface area (Å²) in [5.41, 5.74) is -0.936. The largest absolute Gasteiger partial charge is 0.481 e. The lowest BCUT2D eigenvalue weighted by Crippen LogP contribution is -2.58. The van der Waals surface area contributed by atoms with E-state index in [1.165, 1.54) is 0 Å². The Morgan fingerprint density at radius 3 is 2.75 bits per heavy atom. The van der Waals surface area contributed by atoms with Crippen LogP contribution < -0.4 is 5.32 Å². The molecule has 0 aliphatic carbocycles. The summed E-state index contributed by atoms with van der Waals surface area (Å²) in [4.78, 5) is 23.9. The monoisotopic (exact) mass is 230 g/mol. The Morgan fingerprint density at radius 1 is 1.62 bits per heavy atom. The van der Waals surface area contributed by atoms with Crippen molar-refractivity contribution in [2.75, 3.05) is 19.6 Å². The summed E-state index contributed by atoms with van der Waals surface area (Å²) in [6, 6.07) is -0.683. The Balaban J connectivity index is 2.70. The maximum atomic E-state index is 11.5. The van der Waals surface area contributed by atoms with Crippen molar-refractivity contribution in [2.45, 2.75) is 31.9 Å². The van der Waals surface area contributed by atoms with Crippen LogP contribution >= 0.6 is 0 Å². The molecule has 1 rings (SSSR count). The molecule has 6 heteroatoms. The van der Waals surface area contributed by atoms with Crippen molar-refractivity contribution in [3.63, 3.8) is 0 Å². The number of amides is 1. The highest BCUT2D eigenvalue weighted by atomic mass is 16.4. The second kappa shape index (κ2) is 4.80. The molecule has 1 aliphatic rings. The lowest BCUT2D eigenvalue weighted by molar-refractivity contribution is -0.144. The molecule has 0 aromatic rings. The fraction of sp³-hybridized carbons (Fsp3) is 0.800. The van der Waals surface area contributed by atoms with Crippen LogP contribution in [0.5, 0.6) is 0 Å². The Kier molecular flexibility index (Phi) is 3.88. The number of nitrogens with zero attached hydrogens (tertiary/aromatic N) is 1. The maximum Gasteiger partial charge on any atom is 0.305 e. The van der Waals surface area contributed by atoms with Crippen LogP contribution in [-0.4, -0.2) is 58.3 Å². The van der Waals surface area contributed by atoms with Crippen LogP contribution in [0.1, 0.15) is 20.3 Å². The molecule has 6 nitrogen and oxygen atoms in total. The maximum absolute atomic E-state index is 11.5. The third-order valence-electron chi connectivity index (χ3n) is 2.40. The van der Waals surface area contributed by atoms with Crippen LogP contribution in [0.25, 0.3) is 0 Å². The van der Waals surface area contributed by atoms with Crippen molar-refractivity contribution in [3.8, 4) is 0 Å². The molecule has 16 heavy (non-hydrogen) atoms. The summed E-state index contributed by atoms with van der Waals surface area (Å²) in [6.07, 6.45) is -0.234. The summed E-state index contributed by atoms with van der Waals surface area (Å²) < 4.78 is 0. The normalized spacial score (nSPS) is 22.9. The molecule has 1 amide bonds. The third-order valence-corrected chi connectivity index (χ3v) is 2.40. The average Bonchev–Trinajstić information content (AvgIpc) is 2.08. The van der Waals surface area contributed by atoms with Gasteiger partial charge in [0.2, 0.25) is 5.91 Å². The van der Waals surface area contributed by atoms with Crippen molar-refractivity contribution in [1.29, 1.82) is 0 Å². The molecule has 1 heterocycles. The minimum absolute atomic E-state index is 0.234. The highest BCUT2D eigenvalue weighted by Gasteiger charge is 2.34. The Morgan fingerprint density at radius 2 is 2.25 bits per heavy atom. The number of carboxylic acids is 1. The molecule has 1 aliphatic heterocycles. The first-order valence-corrected chi connectivity index (χ1v) is 5.25. The summed E-state index contributed by atoms with van der Waals surface area (Å²) in [6.45, 7) is 4.62. The van der Waals surface area contributed by atoms with Gasteiger partial charge in [0.25, 0.3) is 0 Å². The van der Waals surface area contributed by atoms with Crippen LogP contribution in [0.3, 0.4) is 0 Å². The minimum Gasteiger partial charge on any atom is -0.481 e. The summed E-state index contributed by atoms with van der Waals surface area (Å²) in [5.74, 6) is -1.29. The van der Waals surface area contributed by atoms with Crippen LogP contribution in [0.4, 0.5) is 0 Å². The molecule has 92 valence electrons. The number of carbonyl (C=O) groups excluding carboxylic acids is 1.